The van der Waals surface area contributed by atoms with Crippen molar-refractivity contribution in [3.05, 3.63) is 23.7 Å². The maximum atomic E-state index is 10.7. The number of carboxylic acid groups (broad SMARTS) is 1. The molecular formula is C20H33N3O4. The standard InChI is InChI=1S/C20H33N3O4/c1-4-5-6-9-15(24)10-7-11-16-20(17(25)12-8-13-19(26)27)21-14-18(22-16)23(2)3/h7,11,14-15,17,24-25H,4-6,8-10,12-13H2,1-3H3,(H,26,27)/b11-7+/t15-,17?/m0/s1. The fraction of sp³-hybridized carbons (Fsp3) is 0.650. The molecule has 0 saturated heterocycles. The highest BCUT2D eigenvalue weighted by Crippen LogP contribution is 2.23. The fourth-order valence-corrected chi connectivity index (χ4v) is 2.67. The number of nitrogens with zero attached hydrogens (tertiary/aromatic N) is 3. The van der Waals surface area contributed by atoms with Crippen LogP contribution in [0.15, 0.2) is 12.3 Å². The van der Waals surface area contributed by atoms with Gasteiger partial charge in [-0.25, -0.2) is 4.98 Å². The Morgan fingerprint density at radius 1 is 1.22 bits per heavy atom. The van der Waals surface area contributed by atoms with Crippen LogP contribution in [-0.2, 0) is 4.79 Å². The number of hydrogen-bond acceptors (Lipinski definition) is 6. The summed E-state index contributed by atoms with van der Waals surface area (Å²) in [6, 6.07) is 0. The predicted molar refractivity (Wildman–Crippen MR) is 107 cm³/mol. The molecule has 0 saturated carbocycles. The van der Waals surface area contributed by atoms with Crippen LogP contribution >= 0.6 is 0 Å². The lowest BCUT2D eigenvalue weighted by Gasteiger charge is -2.16. The number of aliphatic hydroxyl groups excluding tert-OH is 2. The van der Waals surface area contributed by atoms with E-state index >= 15 is 0 Å². The van der Waals surface area contributed by atoms with E-state index in [0.717, 1.165) is 25.7 Å². The first-order valence-electron chi connectivity index (χ1n) is 9.63. The van der Waals surface area contributed by atoms with Crippen LogP contribution < -0.4 is 4.90 Å². The molecule has 152 valence electrons. The first-order valence-corrected chi connectivity index (χ1v) is 9.63. The van der Waals surface area contributed by atoms with Gasteiger partial charge in [-0.05, 0) is 31.8 Å². The van der Waals surface area contributed by atoms with Gasteiger partial charge in [-0.3, -0.25) is 9.78 Å². The highest BCUT2D eigenvalue weighted by molar-refractivity contribution is 5.66. The maximum absolute atomic E-state index is 10.7. The Bertz CT molecular complexity index is 605. The van der Waals surface area contributed by atoms with Gasteiger partial charge in [0.25, 0.3) is 0 Å². The number of aliphatic hydroxyl groups is 2. The van der Waals surface area contributed by atoms with E-state index in [1.807, 2.05) is 25.1 Å². The maximum Gasteiger partial charge on any atom is 0.303 e. The van der Waals surface area contributed by atoms with Crippen LogP contribution in [0.4, 0.5) is 5.82 Å². The molecular weight excluding hydrogens is 346 g/mol. The van der Waals surface area contributed by atoms with E-state index in [0.29, 0.717) is 36.5 Å². The van der Waals surface area contributed by atoms with Gasteiger partial charge in [0.05, 0.1) is 29.8 Å². The van der Waals surface area contributed by atoms with Gasteiger partial charge in [-0.15, -0.1) is 0 Å². The lowest BCUT2D eigenvalue weighted by Crippen LogP contribution is -2.14. The highest BCUT2D eigenvalue weighted by atomic mass is 16.4. The van der Waals surface area contributed by atoms with Gasteiger partial charge in [0, 0.05) is 20.5 Å². The molecule has 1 rings (SSSR count). The quantitative estimate of drug-likeness (QED) is 0.452. The molecule has 0 bridgehead atoms. The zero-order chi connectivity index (χ0) is 20.2. The molecule has 0 spiro atoms. The van der Waals surface area contributed by atoms with Crippen LogP contribution in [0.25, 0.3) is 6.08 Å². The van der Waals surface area contributed by atoms with Crippen LogP contribution in [0, 0.1) is 0 Å². The Hall–Kier alpha value is -1.99. The lowest BCUT2D eigenvalue weighted by atomic mass is 10.1. The number of carboxylic acids is 1. The zero-order valence-electron chi connectivity index (χ0n) is 16.6. The molecule has 27 heavy (non-hydrogen) atoms. The monoisotopic (exact) mass is 379 g/mol. The van der Waals surface area contributed by atoms with Gasteiger partial charge in [0.2, 0.25) is 0 Å². The van der Waals surface area contributed by atoms with E-state index in [1.165, 1.54) is 0 Å². The van der Waals surface area contributed by atoms with Gasteiger partial charge in [0.1, 0.15) is 5.82 Å². The van der Waals surface area contributed by atoms with Crippen molar-refractivity contribution in [1.29, 1.82) is 0 Å². The topological polar surface area (TPSA) is 107 Å². The summed E-state index contributed by atoms with van der Waals surface area (Å²) in [6.45, 7) is 2.13. The minimum atomic E-state index is -0.881. The van der Waals surface area contributed by atoms with E-state index in [9.17, 15) is 15.0 Å². The van der Waals surface area contributed by atoms with Gasteiger partial charge in [-0.1, -0.05) is 32.3 Å². The summed E-state index contributed by atoms with van der Waals surface area (Å²) in [5.74, 6) is -0.215. The number of anilines is 1. The first kappa shape index (κ1) is 23.0. The lowest BCUT2D eigenvalue weighted by molar-refractivity contribution is -0.137. The van der Waals surface area contributed by atoms with Crippen molar-refractivity contribution in [3.63, 3.8) is 0 Å². The summed E-state index contributed by atoms with van der Waals surface area (Å²) in [5.41, 5.74) is 0.979. The molecule has 2 atom stereocenters. The molecule has 7 heteroatoms. The van der Waals surface area contributed by atoms with E-state index in [2.05, 4.69) is 16.9 Å². The molecule has 1 aromatic heterocycles. The van der Waals surface area contributed by atoms with Crippen molar-refractivity contribution in [2.45, 2.75) is 70.5 Å². The van der Waals surface area contributed by atoms with E-state index in [1.54, 1.807) is 12.3 Å². The SMILES string of the molecule is CCCCC[C@H](O)C/C=C/c1nc(N(C)C)cnc1C(O)CCCC(=O)O. The first-order chi connectivity index (χ1) is 12.8. The third kappa shape index (κ3) is 8.97. The number of hydrogen-bond donors (Lipinski definition) is 3. The Morgan fingerprint density at radius 3 is 2.59 bits per heavy atom. The van der Waals surface area contributed by atoms with E-state index < -0.39 is 12.1 Å². The molecule has 0 amide bonds. The van der Waals surface area contributed by atoms with Crippen LogP contribution in [0.1, 0.15) is 75.8 Å². The molecule has 0 aliphatic carbocycles. The van der Waals surface area contributed by atoms with Crippen LogP contribution in [0.3, 0.4) is 0 Å². The molecule has 3 N–H and O–H groups in total. The van der Waals surface area contributed by atoms with Crippen molar-refractivity contribution in [3.8, 4) is 0 Å². The molecule has 1 heterocycles. The second-order valence-corrected chi connectivity index (χ2v) is 6.98. The Balaban J connectivity index is 2.82. The number of aliphatic carboxylic acids is 1. The molecule has 0 aromatic carbocycles. The minimum Gasteiger partial charge on any atom is -0.481 e. The van der Waals surface area contributed by atoms with Gasteiger partial charge in [-0.2, -0.15) is 0 Å². The van der Waals surface area contributed by atoms with Crippen LogP contribution in [0.2, 0.25) is 0 Å². The van der Waals surface area contributed by atoms with E-state index in [4.69, 9.17) is 5.11 Å². The van der Waals surface area contributed by atoms with Gasteiger partial charge >= 0.3 is 5.97 Å². The summed E-state index contributed by atoms with van der Waals surface area (Å²) in [4.78, 5) is 21.3. The molecule has 0 aliphatic heterocycles. The van der Waals surface area contributed by atoms with Crippen molar-refractivity contribution in [1.82, 2.24) is 9.97 Å². The second-order valence-electron chi connectivity index (χ2n) is 6.98. The molecule has 0 radical (unpaired) electrons. The Labute approximate surface area is 161 Å². The molecule has 0 aliphatic rings. The van der Waals surface area contributed by atoms with Gasteiger partial charge in [0.15, 0.2) is 0 Å². The van der Waals surface area contributed by atoms with Crippen molar-refractivity contribution < 1.29 is 20.1 Å². The number of carbonyl (C=O) groups is 1. The van der Waals surface area contributed by atoms with Gasteiger partial charge < -0.3 is 20.2 Å². The summed E-state index contributed by atoms with van der Waals surface area (Å²) in [5, 5.41) is 29.2. The number of rotatable bonds is 13. The number of unbranched alkanes of at least 4 members (excludes halogenated alkanes) is 2. The zero-order valence-corrected chi connectivity index (χ0v) is 16.6. The molecule has 1 aromatic rings. The summed E-state index contributed by atoms with van der Waals surface area (Å²) >= 11 is 0. The molecule has 7 nitrogen and oxygen atoms in total. The average molecular weight is 380 g/mol. The third-order valence-electron chi connectivity index (χ3n) is 4.28. The summed E-state index contributed by atoms with van der Waals surface area (Å²) in [6.07, 6.45) is 9.18. The summed E-state index contributed by atoms with van der Waals surface area (Å²) in [7, 11) is 3.72. The molecule has 0 fully saturated rings. The smallest absolute Gasteiger partial charge is 0.303 e. The third-order valence-corrected chi connectivity index (χ3v) is 4.28. The second kappa shape index (κ2) is 12.4. The minimum absolute atomic E-state index is 0.00932. The molecule has 1 unspecified atom stereocenters. The normalized spacial score (nSPS) is 13.7. The Morgan fingerprint density at radius 2 is 1.96 bits per heavy atom. The van der Waals surface area contributed by atoms with Crippen LogP contribution in [-0.4, -0.2) is 51.5 Å². The van der Waals surface area contributed by atoms with Crippen molar-refractivity contribution >= 4 is 17.9 Å². The number of aromatic nitrogens is 2. The highest BCUT2D eigenvalue weighted by Gasteiger charge is 2.16. The predicted octanol–water partition coefficient (Wildman–Crippen LogP) is 3.18. The van der Waals surface area contributed by atoms with Crippen molar-refractivity contribution in [2.24, 2.45) is 0 Å². The average Bonchev–Trinajstić information content (AvgIpc) is 2.61. The fourth-order valence-electron chi connectivity index (χ4n) is 2.67. The van der Waals surface area contributed by atoms with E-state index in [-0.39, 0.29) is 12.5 Å². The largest absolute Gasteiger partial charge is 0.481 e. The van der Waals surface area contributed by atoms with Crippen molar-refractivity contribution in [2.75, 3.05) is 19.0 Å². The van der Waals surface area contributed by atoms with Crippen LogP contribution in [0.5, 0.6) is 0 Å². The summed E-state index contributed by atoms with van der Waals surface area (Å²) < 4.78 is 0. The Kier molecular flexibility index (Phi) is 10.6.